The van der Waals surface area contributed by atoms with Gasteiger partial charge in [0.05, 0.1) is 31.8 Å². The van der Waals surface area contributed by atoms with Crippen LogP contribution in [0.5, 0.6) is 11.5 Å². The minimum atomic E-state index is -0.431. The zero-order valence-corrected chi connectivity index (χ0v) is 18.4. The van der Waals surface area contributed by atoms with Gasteiger partial charge in [-0.15, -0.1) is 0 Å². The number of Topliss-reactive ketones (excluding diaryl/α,β-unsaturated/α-hetero) is 1. The molecule has 5 nitrogen and oxygen atoms in total. The Morgan fingerprint density at radius 3 is 2.35 bits per heavy atom. The van der Waals surface area contributed by atoms with Crippen LogP contribution in [-0.4, -0.2) is 20.0 Å². The number of hydrogen-bond acceptors (Lipinski definition) is 5. The van der Waals surface area contributed by atoms with Crippen molar-refractivity contribution in [2.75, 3.05) is 14.2 Å². The van der Waals surface area contributed by atoms with Crippen molar-refractivity contribution in [2.45, 2.75) is 31.6 Å². The van der Waals surface area contributed by atoms with Crippen molar-refractivity contribution < 1.29 is 14.3 Å². The van der Waals surface area contributed by atoms with E-state index in [4.69, 9.17) is 21.1 Å². The highest BCUT2D eigenvalue weighted by molar-refractivity contribution is 6.30. The molecule has 1 aliphatic heterocycles. The Morgan fingerprint density at radius 2 is 1.71 bits per heavy atom. The van der Waals surface area contributed by atoms with Gasteiger partial charge in [0, 0.05) is 28.4 Å². The number of halogens is 1. The summed E-state index contributed by atoms with van der Waals surface area (Å²) >= 11 is 6.03. The zero-order chi connectivity index (χ0) is 22.1. The van der Waals surface area contributed by atoms with Gasteiger partial charge in [-0.2, -0.15) is 5.26 Å². The molecule has 2 aliphatic rings. The summed E-state index contributed by atoms with van der Waals surface area (Å²) in [5.41, 5.74) is 4.78. The van der Waals surface area contributed by atoms with Crippen LogP contribution < -0.4 is 14.8 Å². The van der Waals surface area contributed by atoms with E-state index >= 15 is 0 Å². The zero-order valence-electron chi connectivity index (χ0n) is 17.7. The summed E-state index contributed by atoms with van der Waals surface area (Å²) in [6.07, 6.45) is 1.09. The molecule has 6 heteroatoms. The molecule has 2 aromatic rings. The number of ether oxygens (including phenoxy) is 2. The lowest BCUT2D eigenvalue weighted by atomic mass is 9.72. The van der Waals surface area contributed by atoms with Gasteiger partial charge in [-0.05, 0) is 54.7 Å². The van der Waals surface area contributed by atoms with Gasteiger partial charge in [-0.25, -0.2) is 0 Å². The molecule has 0 bridgehead atoms. The third kappa shape index (κ3) is 3.80. The second-order valence-corrected chi connectivity index (χ2v) is 8.23. The van der Waals surface area contributed by atoms with Crippen LogP contribution >= 0.6 is 11.6 Å². The Balaban J connectivity index is 1.79. The van der Waals surface area contributed by atoms with Gasteiger partial charge in [0.15, 0.2) is 17.3 Å². The van der Waals surface area contributed by atoms with Crippen LogP contribution in [0.4, 0.5) is 0 Å². The Kier molecular flexibility index (Phi) is 5.75. The van der Waals surface area contributed by atoms with E-state index < -0.39 is 5.92 Å². The van der Waals surface area contributed by atoms with Crippen LogP contribution in [0.15, 0.2) is 65.0 Å². The van der Waals surface area contributed by atoms with Crippen LogP contribution in [0, 0.1) is 11.3 Å². The van der Waals surface area contributed by atoms with Crippen molar-refractivity contribution in [1.82, 2.24) is 5.32 Å². The molecule has 1 aliphatic carbocycles. The minimum Gasteiger partial charge on any atom is -0.493 e. The first-order chi connectivity index (χ1) is 15.0. The van der Waals surface area contributed by atoms with Crippen molar-refractivity contribution in [3.05, 3.63) is 81.2 Å². The highest BCUT2D eigenvalue weighted by atomic mass is 35.5. The van der Waals surface area contributed by atoms with Crippen molar-refractivity contribution in [3.8, 4) is 17.6 Å². The first-order valence-corrected chi connectivity index (χ1v) is 10.5. The van der Waals surface area contributed by atoms with E-state index in [0.29, 0.717) is 40.5 Å². The molecule has 0 spiro atoms. The van der Waals surface area contributed by atoms with Gasteiger partial charge in [0.25, 0.3) is 0 Å². The number of nitriles is 1. The van der Waals surface area contributed by atoms with E-state index in [1.54, 1.807) is 14.2 Å². The molecule has 4 rings (SSSR count). The fourth-order valence-corrected chi connectivity index (χ4v) is 4.65. The Hall–Kier alpha value is -3.23. The lowest BCUT2D eigenvalue weighted by Crippen LogP contribution is -2.33. The number of benzene rings is 2. The molecule has 0 saturated heterocycles. The monoisotopic (exact) mass is 434 g/mol. The number of nitrogens with zero attached hydrogens (tertiary/aromatic N) is 1. The van der Waals surface area contributed by atoms with Gasteiger partial charge >= 0.3 is 0 Å². The number of rotatable bonds is 4. The summed E-state index contributed by atoms with van der Waals surface area (Å²) < 4.78 is 10.8. The number of carbonyl (C=O) groups is 1. The quantitative estimate of drug-likeness (QED) is 0.712. The molecular weight excluding hydrogens is 412 g/mol. The summed E-state index contributed by atoms with van der Waals surface area (Å²) in [5.74, 6) is 0.858. The summed E-state index contributed by atoms with van der Waals surface area (Å²) in [6.45, 7) is 1.88. The average Bonchev–Trinajstić information content (AvgIpc) is 2.78. The van der Waals surface area contributed by atoms with Gasteiger partial charge in [-0.1, -0.05) is 29.8 Å². The van der Waals surface area contributed by atoms with Crippen LogP contribution in [-0.2, 0) is 4.79 Å². The first kappa shape index (κ1) is 21.0. The van der Waals surface area contributed by atoms with Crippen molar-refractivity contribution in [1.29, 1.82) is 5.26 Å². The molecule has 0 amide bonds. The van der Waals surface area contributed by atoms with Gasteiger partial charge in [0.1, 0.15) is 0 Å². The molecule has 2 aromatic carbocycles. The van der Waals surface area contributed by atoms with Crippen molar-refractivity contribution in [2.24, 2.45) is 0 Å². The summed E-state index contributed by atoms with van der Waals surface area (Å²) in [4.78, 5) is 13.4. The Morgan fingerprint density at radius 1 is 1.03 bits per heavy atom. The summed E-state index contributed by atoms with van der Waals surface area (Å²) in [7, 11) is 3.15. The van der Waals surface area contributed by atoms with E-state index in [1.165, 1.54) is 0 Å². The van der Waals surface area contributed by atoms with E-state index in [9.17, 15) is 10.1 Å². The number of carbonyl (C=O) groups excluding carboxylic acids is 1. The highest BCUT2D eigenvalue weighted by Crippen LogP contribution is 2.46. The van der Waals surface area contributed by atoms with Crippen LogP contribution in [0.2, 0.25) is 5.02 Å². The second kappa shape index (κ2) is 8.49. The molecular formula is C25H23ClN2O3. The first-order valence-electron chi connectivity index (χ1n) is 10.1. The normalized spacial score (nSPS) is 20.7. The summed E-state index contributed by atoms with van der Waals surface area (Å²) in [5, 5.41) is 13.9. The van der Waals surface area contributed by atoms with E-state index in [1.807, 2.05) is 49.4 Å². The molecule has 2 atom stereocenters. The second-order valence-electron chi connectivity index (χ2n) is 7.80. The Bertz CT molecular complexity index is 1140. The maximum atomic E-state index is 13.4. The fraction of sp³-hybridized carbons (Fsp3) is 0.280. The van der Waals surface area contributed by atoms with Crippen molar-refractivity contribution in [3.63, 3.8) is 0 Å². The van der Waals surface area contributed by atoms with E-state index in [0.717, 1.165) is 22.5 Å². The number of allylic oxidation sites excluding steroid dienone is 4. The molecule has 1 N–H and O–H groups in total. The topological polar surface area (TPSA) is 71.3 Å². The summed E-state index contributed by atoms with van der Waals surface area (Å²) in [6, 6.07) is 15.5. The van der Waals surface area contributed by atoms with Gasteiger partial charge < -0.3 is 14.8 Å². The maximum Gasteiger partial charge on any atom is 0.162 e. The van der Waals surface area contributed by atoms with E-state index in [2.05, 4.69) is 11.4 Å². The SMILES string of the molecule is COc1ccc([C@H]2C(C#N)=C(C)NC3=C2C(=O)C[C@@H](c2ccc(Cl)cc2)C3)cc1OC. The number of ketones is 1. The molecule has 158 valence electrons. The van der Waals surface area contributed by atoms with E-state index in [-0.39, 0.29) is 11.7 Å². The Labute approximate surface area is 186 Å². The van der Waals surface area contributed by atoms with Crippen LogP contribution in [0.3, 0.4) is 0 Å². The third-order valence-corrected chi connectivity index (χ3v) is 6.28. The van der Waals surface area contributed by atoms with Gasteiger partial charge in [0.2, 0.25) is 0 Å². The lowest BCUT2D eigenvalue weighted by molar-refractivity contribution is -0.116. The molecule has 1 heterocycles. The standard InChI is InChI=1S/C25H23ClN2O3/c1-14-19(13-27)24(16-6-9-22(30-2)23(12-16)31-3)25-20(28-14)10-17(11-21(25)29)15-4-7-18(26)8-5-15/h4-9,12,17,24,28H,10-11H2,1-3H3/t17-,24-/m0/s1. The predicted molar refractivity (Wildman–Crippen MR) is 119 cm³/mol. The number of methoxy groups -OCH3 is 2. The van der Waals surface area contributed by atoms with Crippen molar-refractivity contribution >= 4 is 17.4 Å². The molecule has 0 unspecified atom stereocenters. The molecule has 0 aromatic heterocycles. The predicted octanol–water partition coefficient (Wildman–Crippen LogP) is 5.24. The number of hydrogen-bond donors (Lipinski definition) is 1. The largest absolute Gasteiger partial charge is 0.493 e. The molecule has 31 heavy (non-hydrogen) atoms. The lowest BCUT2D eigenvalue weighted by Gasteiger charge is -2.35. The highest BCUT2D eigenvalue weighted by Gasteiger charge is 2.39. The maximum absolute atomic E-state index is 13.4. The van der Waals surface area contributed by atoms with Crippen LogP contribution in [0.25, 0.3) is 0 Å². The van der Waals surface area contributed by atoms with Gasteiger partial charge in [-0.3, -0.25) is 4.79 Å². The van der Waals surface area contributed by atoms with Crippen LogP contribution in [0.1, 0.15) is 42.7 Å². The fourth-order valence-electron chi connectivity index (χ4n) is 4.52. The third-order valence-electron chi connectivity index (χ3n) is 6.03. The molecule has 0 radical (unpaired) electrons. The molecule has 0 saturated carbocycles. The minimum absolute atomic E-state index is 0.0498. The molecule has 0 fully saturated rings. The number of dihydropyridines is 1. The average molecular weight is 435 g/mol. The smallest absolute Gasteiger partial charge is 0.162 e. The number of nitrogens with one attached hydrogen (secondary N) is 1.